The van der Waals surface area contributed by atoms with E-state index in [2.05, 4.69) is 20.6 Å². The summed E-state index contributed by atoms with van der Waals surface area (Å²) in [6.07, 6.45) is 2.98. The molecule has 0 saturated carbocycles. The van der Waals surface area contributed by atoms with E-state index in [1.165, 1.54) is 6.20 Å². The number of hydrogen-bond acceptors (Lipinski definition) is 4. The summed E-state index contributed by atoms with van der Waals surface area (Å²) in [6, 6.07) is 2.02. The van der Waals surface area contributed by atoms with E-state index in [4.69, 9.17) is 0 Å². The van der Waals surface area contributed by atoms with Crippen molar-refractivity contribution in [1.29, 1.82) is 0 Å². The molecule has 0 spiro atoms. The molecule has 0 amide bonds. The number of hydrogen-bond donors (Lipinski definition) is 2. The quantitative estimate of drug-likeness (QED) is 0.686. The lowest BCUT2D eigenvalue weighted by Crippen LogP contribution is -2.38. The summed E-state index contributed by atoms with van der Waals surface area (Å²) >= 11 is 0. The third-order valence-corrected chi connectivity index (χ3v) is 2.28. The van der Waals surface area contributed by atoms with Crippen LogP contribution in [0.3, 0.4) is 0 Å². The molecule has 2 N–H and O–H groups in total. The van der Waals surface area contributed by atoms with E-state index in [1.807, 2.05) is 0 Å². The monoisotopic (exact) mass is 196 g/mol. The Morgan fingerprint density at radius 3 is 3.21 bits per heavy atom. The van der Waals surface area contributed by atoms with E-state index < -0.39 is 6.08 Å². The number of nitrogens with one attached hydrogen (secondary N) is 2. The first-order chi connectivity index (χ1) is 6.84. The summed E-state index contributed by atoms with van der Waals surface area (Å²) in [5.41, 5.74) is 0. The van der Waals surface area contributed by atoms with Gasteiger partial charge in [-0.3, -0.25) is 0 Å². The van der Waals surface area contributed by atoms with Gasteiger partial charge < -0.3 is 10.6 Å². The molecular weight excluding hydrogens is 183 g/mol. The second-order valence-electron chi connectivity index (χ2n) is 3.40. The number of aromatic nitrogens is 2. The maximum absolute atomic E-state index is 12.6. The van der Waals surface area contributed by atoms with Crippen molar-refractivity contribution >= 4 is 5.82 Å². The molecule has 1 unspecified atom stereocenters. The van der Waals surface area contributed by atoms with Crippen LogP contribution in [0.15, 0.2) is 12.3 Å². The van der Waals surface area contributed by atoms with Gasteiger partial charge in [0, 0.05) is 18.8 Å². The summed E-state index contributed by atoms with van der Waals surface area (Å²) in [5, 5.41) is 6.44. The zero-order valence-corrected chi connectivity index (χ0v) is 7.83. The van der Waals surface area contributed by atoms with E-state index in [9.17, 15) is 4.39 Å². The molecule has 0 radical (unpaired) electrons. The van der Waals surface area contributed by atoms with Crippen LogP contribution in [0.2, 0.25) is 0 Å². The van der Waals surface area contributed by atoms with Crippen molar-refractivity contribution in [2.45, 2.75) is 18.9 Å². The molecule has 1 aromatic rings. The highest BCUT2D eigenvalue weighted by molar-refractivity contribution is 5.33. The van der Waals surface area contributed by atoms with Gasteiger partial charge in [-0.1, -0.05) is 0 Å². The number of halogens is 1. The van der Waals surface area contributed by atoms with Crippen molar-refractivity contribution in [3.8, 4) is 0 Å². The van der Waals surface area contributed by atoms with Crippen molar-refractivity contribution < 1.29 is 4.39 Å². The fraction of sp³-hybridized carbons (Fsp3) is 0.556. The van der Waals surface area contributed by atoms with Gasteiger partial charge >= 0.3 is 6.08 Å². The minimum Gasteiger partial charge on any atom is -0.366 e. The summed E-state index contributed by atoms with van der Waals surface area (Å²) < 4.78 is 12.6. The van der Waals surface area contributed by atoms with Crippen LogP contribution in [0.1, 0.15) is 12.8 Å². The van der Waals surface area contributed by atoms with Crippen molar-refractivity contribution in [2.24, 2.45) is 0 Å². The van der Waals surface area contributed by atoms with Gasteiger partial charge in [-0.05, 0) is 25.5 Å². The van der Waals surface area contributed by atoms with Crippen LogP contribution in [0.25, 0.3) is 0 Å². The van der Waals surface area contributed by atoms with Crippen LogP contribution in [0.4, 0.5) is 10.2 Å². The molecule has 1 aliphatic rings. The predicted molar refractivity (Wildman–Crippen MR) is 51.5 cm³/mol. The maximum atomic E-state index is 12.6. The molecule has 1 saturated heterocycles. The average Bonchev–Trinajstić information content (AvgIpc) is 2.19. The van der Waals surface area contributed by atoms with Gasteiger partial charge in [0.25, 0.3) is 0 Å². The van der Waals surface area contributed by atoms with E-state index in [1.54, 1.807) is 6.07 Å². The Labute approximate surface area is 82.0 Å². The van der Waals surface area contributed by atoms with Crippen molar-refractivity contribution in [3.05, 3.63) is 18.3 Å². The van der Waals surface area contributed by atoms with Gasteiger partial charge in [0.15, 0.2) is 0 Å². The van der Waals surface area contributed by atoms with Crippen LogP contribution in [-0.2, 0) is 0 Å². The normalized spacial score (nSPS) is 21.9. The fourth-order valence-electron chi connectivity index (χ4n) is 1.60. The second-order valence-corrected chi connectivity index (χ2v) is 3.40. The number of rotatable bonds is 2. The molecule has 76 valence electrons. The third kappa shape index (κ3) is 2.38. The van der Waals surface area contributed by atoms with Crippen molar-refractivity contribution in [1.82, 2.24) is 15.3 Å². The van der Waals surface area contributed by atoms with E-state index in [0.29, 0.717) is 11.9 Å². The molecule has 1 atom stereocenters. The molecule has 2 rings (SSSR count). The summed E-state index contributed by atoms with van der Waals surface area (Å²) in [5.74, 6) is 0.561. The molecular formula is C9H13FN4. The van der Waals surface area contributed by atoms with Gasteiger partial charge in [0.1, 0.15) is 5.82 Å². The van der Waals surface area contributed by atoms with Gasteiger partial charge in [0.05, 0.1) is 0 Å². The second kappa shape index (κ2) is 4.32. The Balaban J connectivity index is 1.95. The summed E-state index contributed by atoms with van der Waals surface area (Å²) in [7, 11) is 0. The van der Waals surface area contributed by atoms with Crippen molar-refractivity contribution in [2.75, 3.05) is 18.4 Å². The molecule has 1 fully saturated rings. The van der Waals surface area contributed by atoms with E-state index in [0.717, 1.165) is 25.9 Å². The Kier molecular flexibility index (Phi) is 2.88. The maximum Gasteiger partial charge on any atom is 0.310 e. The zero-order chi connectivity index (χ0) is 9.80. The van der Waals surface area contributed by atoms with Crippen LogP contribution in [0, 0.1) is 6.08 Å². The molecule has 5 heteroatoms. The summed E-state index contributed by atoms with van der Waals surface area (Å²) in [4.78, 5) is 7.05. The van der Waals surface area contributed by atoms with Gasteiger partial charge in [0.2, 0.25) is 0 Å². The van der Waals surface area contributed by atoms with E-state index >= 15 is 0 Å². The first-order valence-corrected chi connectivity index (χ1v) is 4.80. The predicted octanol–water partition coefficient (Wildman–Crippen LogP) is 0.780. The largest absolute Gasteiger partial charge is 0.366 e. The topological polar surface area (TPSA) is 49.8 Å². The minimum absolute atomic E-state index is 0.345. The molecule has 0 aromatic carbocycles. The Hall–Kier alpha value is -1.23. The Morgan fingerprint density at radius 1 is 1.57 bits per heavy atom. The average molecular weight is 196 g/mol. The highest BCUT2D eigenvalue weighted by Gasteiger charge is 2.12. The molecule has 2 heterocycles. The third-order valence-electron chi connectivity index (χ3n) is 2.28. The van der Waals surface area contributed by atoms with Crippen LogP contribution in [0.5, 0.6) is 0 Å². The zero-order valence-electron chi connectivity index (χ0n) is 7.83. The molecule has 14 heavy (non-hydrogen) atoms. The Bertz CT molecular complexity index is 299. The van der Waals surface area contributed by atoms with Gasteiger partial charge in [-0.2, -0.15) is 9.37 Å². The molecule has 0 bridgehead atoms. The van der Waals surface area contributed by atoms with Gasteiger partial charge in [-0.15, -0.1) is 0 Å². The summed E-state index contributed by atoms with van der Waals surface area (Å²) in [6.45, 7) is 1.97. The molecule has 1 aliphatic heterocycles. The van der Waals surface area contributed by atoms with E-state index in [-0.39, 0.29) is 0 Å². The molecule has 4 nitrogen and oxygen atoms in total. The smallest absolute Gasteiger partial charge is 0.310 e. The SMILES string of the molecule is Fc1nccc(NC2CCCNC2)n1. The first-order valence-electron chi connectivity index (χ1n) is 4.80. The van der Waals surface area contributed by atoms with Crippen LogP contribution >= 0.6 is 0 Å². The number of anilines is 1. The first kappa shape index (κ1) is 9.33. The molecule has 1 aromatic heterocycles. The lowest BCUT2D eigenvalue weighted by molar-refractivity contribution is 0.476. The lowest BCUT2D eigenvalue weighted by Gasteiger charge is -2.24. The van der Waals surface area contributed by atoms with Crippen LogP contribution < -0.4 is 10.6 Å². The highest BCUT2D eigenvalue weighted by atomic mass is 19.1. The standard InChI is InChI=1S/C9H13FN4/c10-9-12-5-3-8(14-9)13-7-2-1-4-11-6-7/h3,5,7,11H,1-2,4,6H2,(H,12,13,14). The number of nitrogens with zero attached hydrogens (tertiary/aromatic N) is 2. The highest BCUT2D eigenvalue weighted by Crippen LogP contribution is 2.09. The minimum atomic E-state index is -0.682. The van der Waals surface area contributed by atoms with Crippen molar-refractivity contribution in [3.63, 3.8) is 0 Å². The van der Waals surface area contributed by atoms with Crippen LogP contribution in [-0.4, -0.2) is 29.1 Å². The number of piperidine rings is 1. The van der Waals surface area contributed by atoms with Gasteiger partial charge in [-0.25, -0.2) is 4.98 Å². The fourth-order valence-corrected chi connectivity index (χ4v) is 1.60. The lowest BCUT2D eigenvalue weighted by atomic mass is 10.1. The molecule has 0 aliphatic carbocycles. The Morgan fingerprint density at radius 2 is 2.50 bits per heavy atom.